The summed E-state index contributed by atoms with van der Waals surface area (Å²) in [6.07, 6.45) is 4.28. The van der Waals surface area contributed by atoms with Crippen LogP contribution in [0.25, 0.3) is 0 Å². The maximum absolute atomic E-state index is 2.37. The molecule has 1 fully saturated rings. The van der Waals surface area contributed by atoms with Gasteiger partial charge >= 0.3 is 0 Å². The minimum Gasteiger partial charge on any atom is -0.0651 e. The van der Waals surface area contributed by atoms with Gasteiger partial charge in [0.15, 0.2) is 0 Å². The molecule has 1 saturated carbocycles. The number of hydrogen-bond acceptors (Lipinski definition) is 0. The van der Waals surface area contributed by atoms with Crippen LogP contribution in [0, 0.1) is 17.3 Å². The van der Waals surface area contributed by atoms with E-state index in [1.54, 1.807) is 0 Å². The molecule has 0 radical (unpaired) electrons. The Morgan fingerprint density at radius 1 is 1.40 bits per heavy atom. The van der Waals surface area contributed by atoms with Crippen LogP contribution in [0.1, 0.15) is 47.0 Å². The van der Waals surface area contributed by atoms with Crippen LogP contribution in [-0.2, 0) is 0 Å². The standard InChI is InChI=1S/C10H20/c1-5-9-7-10(9,6-2)8(3)4/h8-9H,5-7H2,1-4H3. The first-order valence-electron chi connectivity index (χ1n) is 4.67. The number of hydrogen-bond donors (Lipinski definition) is 0. The molecule has 0 spiro atoms. The highest BCUT2D eigenvalue weighted by Crippen LogP contribution is 2.61. The third-order valence-electron chi connectivity index (χ3n) is 3.58. The Hall–Kier alpha value is 0. The zero-order valence-corrected chi connectivity index (χ0v) is 7.78. The van der Waals surface area contributed by atoms with Crippen molar-refractivity contribution in [3.05, 3.63) is 0 Å². The van der Waals surface area contributed by atoms with Gasteiger partial charge in [-0.25, -0.2) is 0 Å². The molecule has 0 amide bonds. The normalized spacial score (nSPS) is 38.7. The minimum atomic E-state index is 0.759. The van der Waals surface area contributed by atoms with E-state index in [0.717, 1.165) is 17.3 Å². The molecule has 0 saturated heterocycles. The molecule has 1 aliphatic carbocycles. The molecule has 2 atom stereocenters. The smallest absolute Gasteiger partial charge is 0.0246 e. The van der Waals surface area contributed by atoms with E-state index in [9.17, 15) is 0 Å². The third-order valence-corrected chi connectivity index (χ3v) is 3.58. The van der Waals surface area contributed by atoms with Crippen molar-refractivity contribution in [2.45, 2.75) is 47.0 Å². The Kier molecular flexibility index (Phi) is 2.07. The van der Waals surface area contributed by atoms with Crippen molar-refractivity contribution in [3.8, 4) is 0 Å². The molecular weight excluding hydrogens is 120 g/mol. The highest BCUT2D eigenvalue weighted by molar-refractivity contribution is 5.02. The average molecular weight is 140 g/mol. The lowest BCUT2D eigenvalue weighted by Crippen LogP contribution is -2.10. The van der Waals surface area contributed by atoms with E-state index in [1.807, 2.05) is 0 Å². The molecule has 0 aromatic carbocycles. The van der Waals surface area contributed by atoms with Crippen LogP contribution in [0.15, 0.2) is 0 Å². The van der Waals surface area contributed by atoms with Gasteiger partial charge in [0.1, 0.15) is 0 Å². The topological polar surface area (TPSA) is 0 Å². The second-order valence-corrected chi connectivity index (χ2v) is 4.05. The summed E-state index contributed by atoms with van der Waals surface area (Å²) >= 11 is 0. The van der Waals surface area contributed by atoms with Crippen LogP contribution in [-0.4, -0.2) is 0 Å². The summed E-state index contributed by atoms with van der Waals surface area (Å²) in [5, 5.41) is 0. The summed E-state index contributed by atoms with van der Waals surface area (Å²) in [6.45, 7) is 9.42. The van der Waals surface area contributed by atoms with Crippen LogP contribution < -0.4 is 0 Å². The summed E-state index contributed by atoms with van der Waals surface area (Å²) in [5.41, 5.74) is 0.759. The molecule has 1 aliphatic rings. The lowest BCUT2D eigenvalue weighted by molar-refractivity contribution is 0.309. The quantitative estimate of drug-likeness (QED) is 0.563. The fraction of sp³-hybridized carbons (Fsp3) is 1.00. The van der Waals surface area contributed by atoms with E-state index in [4.69, 9.17) is 0 Å². The molecule has 60 valence electrons. The molecule has 10 heavy (non-hydrogen) atoms. The SMILES string of the molecule is CCC1CC1(CC)C(C)C. The summed E-state index contributed by atoms with van der Waals surface area (Å²) in [7, 11) is 0. The maximum atomic E-state index is 2.37. The highest BCUT2D eigenvalue weighted by Gasteiger charge is 2.52. The molecule has 2 unspecified atom stereocenters. The summed E-state index contributed by atoms with van der Waals surface area (Å²) < 4.78 is 0. The van der Waals surface area contributed by atoms with Crippen LogP contribution in [0.3, 0.4) is 0 Å². The lowest BCUT2D eigenvalue weighted by atomic mass is 9.87. The molecule has 0 aromatic rings. The van der Waals surface area contributed by atoms with Crippen molar-refractivity contribution in [1.29, 1.82) is 0 Å². The van der Waals surface area contributed by atoms with Crippen molar-refractivity contribution < 1.29 is 0 Å². The fourth-order valence-electron chi connectivity index (χ4n) is 2.50. The first-order valence-corrected chi connectivity index (χ1v) is 4.67. The van der Waals surface area contributed by atoms with Gasteiger partial charge in [-0.2, -0.15) is 0 Å². The van der Waals surface area contributed by atoms with Crippen LogP contribution in [0.4, 0.5) is 0 Å². The third kappa shape index (κ3) is 0.980. The molecule has 0 heterocycles. The first-order chi connectivity index (χ1) is 4.67. The van der Waals surface area contributed by atoms with Gasteiger partial charge in [-0.3, -0.25) is 0 Å². The molecule has 0 aliphatic heterocycles. The van der Waals surface area contributed by atoms with E-state index < -0.39 is 0 Å². The Morgan fingerprint density at radius 2 is 2.00 bits per heavy atom. The van der Waals surface area contributed by atoms with Gasteiger partial charge in [0.05, 0.1) is 0 Å². The van der Waals surface area contributed by atoms with Gasteiger partial charge in [0.25, 0.3) is 0 Å². The molecule has 1 rings (SSSR count). The van der Waals surface area contributed by atoms with Crippen molar-refractivity contribution in [3.63, 3.8) is 0 Å². The Labute approximate surface area is 65.0 Å². The van der Waals surface area contributed by atoms with Crippen molar-refractivity contribution >= 4 is 0 Å². The lowest BCUT2D eigenvalue weighted by Gasteiger charge is -2.18. The molecule has 0 heteroatoms. The van der Waals surface area contributed by atoms with Gasteiger partial charge in [0.2, 0.25) is 0 Å². The summed E-state index contributed by atoms with van der Waals surface area (Å²) in [5.74, 6) is 1.96. The molecule has 0 nitrogen and oxygen atoms in total. The summed E-state index contributed by atoms with van der Waals surface area (Å²) in [4.78, 5) is 0. The number of rotatable bonds is 3. The molecular formula is C10H20. The van der Waals surface area contributed by atoms with Gasteiger partial charge < -0.3 is 0 Å². The van der Waals surface area contributed by atoms with E-state index in [2.05, 4.69) is 27.7 Å². The van der Waals surface area contributed by atoms with Crippen LogP contribution >= 0.6 is 0 Å². The van der Waals surface area contributed by atoms with E-state index in [-0.39, 0.29) is 0 Å². The van der Waals surface area contributed by atoms with Crippen molar-refractivity contribution in [2.24, 2.45) is 17.3 Å². The van der Waals surface area contributed by atoms with E-state index >= 15 is 0 Å². The molecule has 0 aromatic heterocycles. The predicted molar refractivity (Wildman–Crippen MR) is 46.0 cm³/mol. The summed E-state index contributed by atoms with van der Waals surface area (Å²) in [6, 6.07) is 0. The Balaban J connectivity index is 2.50. The van der Waals surface area contributed by atoms with Gasteiger partial charge in [0, 0.05) is 0 Å². The Morgan fingerprint density at radius 3 is 2.10 bits per heavy atom. The fourth-order valence-corrected chi connectivity index (χ4v) is 2.50. The monoisotopic (exact) mass is 140 g/mol. The zero-order valence-electron chi connectivity index (χ0n) is 7.78. The highest BCUT2D eigenvalue weighted by atomic mass is 14.6. The van der Waals surface area contributed by atoms with Gasteiger partial charge in [-0.15, -0.1) is 0 Å². The average Bonchev–Trinajstić information content (AvgIpc) is 2.62. The maximum Gasteiger partial charge on any atom is -0.0246 e. The van der Waals surface area contributed by atoms with Crippen LogP contribution in [0.2, 0.25) is 0 Å². The minimum absolute atomic E-state index is 0.759. The predicted octanol–water partition coefficient (Wildman–Crippen LogP) is 3.47. The first kappa shape index (κ1) is 8.10. The van der Waals surface area contributed by atoms with Gasteiger partial charge in [-0.1, -0.05) is 34.1 Å². The van der Waals surface area contributed by atoms with E-state index in [0.29, 0.717) is 0 Å². The van der Waals surface area contributed by atoms with Crippen molar-refractivity contribution in [1.82, 2.24) is 0 Å². The zero-order chi connectivity index (χ0) is 7.78. The largest absolute Gasteiger partial charge is 0.0651 e. The van der Waals surface area contributed by atoms with E-state index in [1.165, 1.54) is 19.3 Å². The van der Waals surface area contributed by atoms with Gasteiger partial charge in [-0.05, 0) is 30.1 Å². The molecule has 0 N–H and O–H groups in total. The Bertz CT molecular complexity index is 115. The molecule has 0 bridgehead atoms. The van der Waals surface area contributed by atoms with Crippen molar-refractivity contribution in [2.75, 3.05) is 0 Å². The van der Waals surface area contributed by atoms with Crippen LogP contribution in [0.5, 0.6) is 0 Å². The second-order valence-electron chi connectivity index (χ2n) is 4.05. The second kappa shape index (κ2) is 2.56.